The van der Waals surface area contributed by atoms with E-state index in [1.54, 1.807) is 12.1 Å². The Morgan fingerprint density at radius 1 is 1.45 bits per heavy atom. The number of amides is 1. The fraction of sp³-hybridized carbons (Fsp3) is 0.533. The van der Waals surface area contributed by atoms with Crippen molar-refractivity contribution in [1.82, 2.24) is 5.32 Å². The average molecular weight is 351 g/mol. The first-order valence-corrected chi connectivity index (χ1v) is 7.39. The standard InChI is InChI=1S/C15H23ClN2O3.ClH/c1-4-5-21-14-12(16)6-11(7-13(14)20-3)15(19)18-9-10(2)8-17;/h6-7,10H,4-5,8-9,17H2,1-3H3,(H,18,19);1H. The molecule has 1 aromatic carbocycles. The van der Waals surface area contributed by atoms with Crippen molar-refractivity contribution in [3.05, 3.63) is 22.7 Å². The number of halogens is 2. The van der Waals surface area contributed by atoms with Crippen LogP contribution in [0.4, 0.5) is 0 Å². The topological polar surface area (TPSA) is 73.6 Å². The number of nitrogens with two attached hydrogens (primary N) is 1. The summed E-state index contributed by atoms with van der Waals surface area (Å²) in [7, 11) is 1.52. The molecular formula is C15H24Cl2N2O3. The molecule has 1 rings (SSSR count). The van der Waals surface area contributed by atoms with E-state index in [9.17, 15) is 4.79 Å². The maximum Gasteiger partial charge on any atom is 0.251 e. The van der Waals surface area contributed by atoms with Gasteiger partial charge >= 0.3 is 0 Å². The Morgan fingerprint density at radius 3 is 2.68 bits per heavy atom. The van der Waals surface area contributed by atoms with E-state index in [0.29, 0.717) is 41.8 Å². The summed E-state index contributed by atoms with van der Waals surface area (Å²) in [5, 5.41) is 3.18. The van der Waals surface area contributed by atoms with E-state index >= 15 is 0 Å². The summed E-state index contributed by atoms with van der Waals surface area (Å²) in [4.78, 5) is 12.1. The van der Waals surface area contributed by atoms with Crippen molar-refractivity contribution >= 4 is 29.9 Å². The molecule has 0 bridgehead atoms. The van der Waals surface area contributed by atoms with Gasteiger partial charge in [-0.05, 0) is 31.0 Å². The smallest absolute Gasteiger partial charge is 0.251 e. The van der Waals surface area contributed by atoms with Crippen LogP contribution < -0.4 is 20.5 Å². The van der Waals surface area contributed by atoms with Gasteiger partial charge in [0.05, 0.1) is 18.7 Å². The van der Waals surface area contributed by atoms with E-state index < -0.39 is 0 Å². The maximum absolute atomic E-state index is 12.1. The highest BCUT2D eigenvalue weighted by atomic mass is 35.5. The molecule has 5 nitrogen and oxygen atoms in total. The van der Waals surface area contributed by atoms with Gasteiger partial charge in [0, 0.05) is 12.1 Å². The lowest BCUT2D eigenvalue weighted by Gasteiger charge is -2.14. The van der Waals surface area contributed by atoms with Crippen LogP contribution in [0, 0.1) is 5.92 Å². The van der Waals surface area contributed by atoms with Crippen molar-refractivity contribution in [3.63, 3.8) is 0 Å². The lowest BCUT2D eigenvalue weighted by Crippen LogP contribution is -2.31. The Labute approximate surface area is 142 Å². The van der Waals surface area contributed by atoms with Gasteiger partial charge in [0.2, 0.25) is 0 Å². The largest absolute Gasteiger partial charge is 0.493 e. The van der Waals surface area contributed by atoms with Gasteiger partial charge in [0.25, 0.3) is 5.91 Å². The first-order chi connectivity index (χ1) is 10.0. The third kappa shape index (κ3) is 5.91. The Kier molecular flexibility index (Phi) is 9.98. The number of rotatable bonds is 8. The molecule has 0 saturated carbocycles. The molecule has 0 saturated heterocycles. The van der Waals surface area contributed by atoms with Gasteiger partial charge in [-0.3, -0.25) is 4.79 Å². The Bertz CT molecular complexity index is 484. The number of hydrogen-bond acceptors (Lipinski definition) is 4. The summed E-state index contributed by atoms with van der Waals surface area (Å²) in [6, 6.07) is 3.21. The molecule has 1 atom stereocenters. The minimum atomic E-state index is -0.211. The molecule has 0 fully saturated rings. The zero-order valence-electron chi connectivity index (χ0n) is 13.1. The van der Waals surface area contributed by atoms with Crippen molar-refractivity contribution in [1.29, 1.82) is 0 Å². The van der Waals surface area contributed by atoms with Crippen molar-refractivity contribution in [2.45, 2.75) is 20.3 Å². The van der Waals surface area contributed by atoms with Crippen LogP contribution >= 0.6 is 24.0 Å². The Balaban J connectivity index is 0.00000441. The molecule has 0 aliphatic carbocycles. The van der Waals surface area contributed by atoms with E-state index in [1.807, 2.05) is 13.8 Å². The highest BCUT2D eigenvalue weighted by Crippen LogP contribution is 2.36. The molecule has 0 radical (unpaired) electrons. The summed E-state index contributed by atoms with van der Waals surface area (Å²) in [6.45, 7) is 5.55. The Hall–Kier alpha value is -1.17. The third-order valence-electron chi connectivity index (χ3n) is 2.96. The number of carbonyl (C=O) groups is 1. The molecule has 0 aliphatic heterocycles. The van der Waals surface area contributed by atoms with E-state index in [1.165, 1.54) is 7.11 Å². The predicted molar refractivity (Wildman–Crippen MR) is 91.6 cm³/mol. The number of methoxy groups -OCH3 is 1. The van der Waals surface area contributed by atoms with Crippen molar-refractivity contribution in [3.8, 4) is 11.5 Å². The van der Waals surface area contributed by atoms with Crippen molar-refractivity contribution in [2.24, 2.45) is 11.7 Å². The summed E-state index contributed by atoms with van der Waals surface area (Å²) < 4.78 is 10.8. The second kappa shape index (κ2) is 10.5. The van der Waals surface area contributed by atoms with E-state index in [4.69, 9.17) is 26.8 Å². The van der Waals surface area contributed by atoms with Gasteiger partial charge in [-0.2, -0.15) is 0 Å². The van der Waals surface area contributed by atoms with Gasteiger partial charge in [0.15, 0.2) is 11.5 Å². The number of nitrogens with one attached hydrogen (secondary N) is 1. The van der Waals surface area contributed by atoms with Gasteiger partial charge < -0.3 is 20.5 Å². The molecule has 3 N–H and O–H groups in total. The zero-order valence-corrected chi connectivity index (χ0v) is 14.7. The fourth-order valence-electron chi connectivity index (χ4n) is 1.65. The summed E-state index contributed by atoms with van der Waals surface area (Å²) in [5.74, 6) is 0.928. The summed E-state index contributed by atoms with van der Waals surface area (Å²) >= 11 is 6.18. The van der Waals surface area contributed by atoms with Crippen molar-refractivity contribution in [2.75, 3.05) is 26.8 Å². The predicted octanol–water partition coefficient (Wildman–Crippen LogP) is 2.88. The number of benzene rings is 1. The highest BCUT2D eigenvalue weighted by Gasteiger charge is 2.16. The van der Waals surface area contributed by atoms with Gasteiger partial charge in [0.1, 0.15) is 0 Å². The number of ether oxygens (including phenoxy) is 2. The fourth-order valence-corrected chi connectivity index (χ4v) is 1.91. The molecule has 0 aliphatic rings. The third-order valence-corrected chi connectivity index (χ3v) is 3.24. The van der Waals surface area contributed by atoms with E-state index in [-0.39, 0.29) is 24.2 Å². The molecule has 0 aromatic heterocycles. The van der Waals surface area contributed by atoms with Gasteiger partial charge in [-0.25, -0.2) is 0 Å². The number of carbonyl (C=O) groups excluding carboxylic acids is 1. The lowest BCUT2D eigenvalue weighted by atomic mass is 10.1. The molecule has 7 heteroatoms. The monoisotopic (exact) mass is 350 g/mol. The summed E-state index contributed by atoms with van der Waals surface area (Å²) in [5.41, 5.74) is 5.96. The zero-order chi connectivity index (χ0) is 15.8. The molecule has 1 unspecified atom stereocenters. The van der Waals surface area contributed by atoms with E-state index in [2.05, 4.69) is 5.32 Å². The molecule has 0 heterocycles. The molecule has 0 spiro atoms. The second-order valence-corrected chi connectivity index (χ2v) is 5.30. The van der Waals surface area contributed by atoms with Crippen LogP contribution in [0.2, 0.25) is 5.02 Å². The van der Waals surface area contributed by atoms with Crippen molar-refractivity contribution < 1.29 is 14.3 Å². The van der Waals surface area contributed by atoms with Gasteiger partial charge in [-0.1, -0.05) is 25.4 Å². The van der Waals surface area contributed by atoms with Crippen LogP contribution in [0.15, 0.2) is 12.1 Å². The quantitative estimate of drug-likeness (QED) is 0.755. The minimum absolute atomic E-state index is 0. The first-order valence-electron chi connectivity index (χ1n) is 7.02. The van der Waals surface area contributed by atoms with Crippen LogP contribution in [-0.4, -0.2) is 32.7 Å². The minimum Gasteiger partial charge on any atom is -0.493 e. The van der Waals surface area contributed by atoms with Crippen LogP contribution in [0.3, 0.4) is 0 Å². The molecule has 1 aromatic rings. The highest BCUT2D eigenvalue weighted by molar-refractivity contribution is 6.32. The van der Waals surface area contributed by atoms with Crippen LogP contribution in [0.1, 0.15) is 30.6 Å². The molecule has 22 heavy (non-hydrogen) atoms. The van der Waals surface area contributed by atoms with Crippen LogP contribution in [0.5, 0.6) is 11.5 Å². The average Bonchev–Trinajstić information content (AvgIpc) is 2.50. The molecular weight excluding hydrogens is 327 g/mol. The van der Waals surface area contributed by atoms with Gasteiger partial charge in [-0.15, -0.1) is 12.4 Å². The molecule has 1 amide bonds. The second-order valence-electron chi connectivity index (χ2n) is 4.89. The SMILES string of the molecule is CCCOc1c(Cl)cc(C(=O)NCC(C)CN)cc1OC.Cl. The lowest BCUT2D eigenvalue weighted by molar-refractivity contribution is 0.0948. The van der Waals surface area contributed by atoms with Crippen LogP contribution in [0.25, 0.3) is 0 Å². The van der Waals surface area contributed by atoms with Crippen LogP contribution in [-0.2, 0) is 0 Å². The maximum atomic E-state index is 12.1. The normalized spacial score (nSPS) is 11.3. The molecule has 126 valence electrons. The summed E-state index contributed by atoms with van der Waals surface area (Å²) in [6.07, 6.45) is 0.860. The Morgan fingerprint density at radius 2 is 2.14 bits per heavy atom. The van der Waals surface area contributed by atoms with E-state index in [0.717, 1.165) is 6.42 Å². The first kappa shape index (κ1) is 20.8. The number of hydrogen-bond donors (Lipinski definition) is 2.